The second-order valence-corrected chi connectivity index (χ2v) is 7.09. The first-order valence-electron chi connectivity index (χ1n) is 8.85. The maximum Gasteiger partial charge on any atom is 0.248 e. The average molecular weight is 316 g/mol. The number of nitrogens with two attached hydrogens (primary N) is 1. The fourth-order valence-electron chi connectivity index (χ4n) is 3.89. The molecule has 1 aromatic rings. The summed E-state index contributed by atoms with van der Waals surface area (Å²) in [6, 6.07) is 10.3. The quantitative estimate of drug-likeness (QED) is 0.929. The highest BCUT2D eigenvalue weighted by Gasteiger charge is 2.34. The van der Waals surface area contributed by atoms with E-state index >= 15 is 0 Å². The third-order valence-electron chi connectivity index (χ3n) is 5.40. The molecule has 23 heavy (non-hydrogen) atoms. The van der Waals surface area contributed by atoms with Gasteiger partial charge in [0, 0.05) is 25.0 Å². The van der Waals surface area contributed by atoms with E-state index in [1.165, 1.54) is 24.8 Å². The molecule has 1 aliphatic carbocycles. The Labute approximate surface area is 139 Å². The Morgan fingerprint density at radius 1 is 1.22 bits per heavy atom. The summed E-state index contributed by atoms with van der Waals surface area (Å²) in [5.74, 6) is 0.875. The lowest BCUT2D eigenvalue weighted by Crippen LogP contribution is -2.36. The number of carbonyl (C=O) groups is 1. The van der Waals surface area contributed by atoms with Crippen molar-refractivity contribution in [3.63, 3.8) is 0 Å². The molecule has 0 bridgehead atoms. The topological polar surface area (TPSA) is 55.6 Å². The summed E-state index contributed by atoms with van der Waals surface area (Å²) in [5.41, 5.74) is 7.49. The third-order valence-corrected chi connectivity index (χ3v) is 5.40. The second kappa shape index (κ2) is 7.45. The molecule has 4 heteroatoms. The Bertz CT molecular complexity index is 519. The van der Waals surface area contributed by atoms with Gasteiger partial charge in [-0.3, -0.25) is 4.79 Å². The van der Waals surface area contributed by atoms with E-state index in [2.05, 4.69) is 19.1 Å². The molecule has 2 unspecified atom stereocenters. The molecule has 1 aliphatic heterocycles. The number of carbonyl (C=O) groups excluding carboxylic acids is 1. The molecular formula is C19H28N2O2. The van der Waals surface area contributed by atoms with E-state index < -0.39 is 0 Å². The van der Waals surface area contributed by atoms with Crippen LogP contribution in [0.15, 0.2) is 30.3 Å². The SMILES string of the molecule is CC1CCCCC1OCC(=O)N1C[C@@H](N)[C@H](c2ccccc2)C1. The third kappa shape index (κ3) is 3.93. The van der Waals surface area contributed by atoms with Gasteiger partial charge in [0.2, 0.25) is 5.91 Å². The molecule has 1 heterocycles. The number of rotatable bonds is 4. The summed E-state index contributed by atoms with van der Waals surface area (Å²) in [4.78, 5) is 14.3. The molecule has 1 amide bonds. The lowest BCUT2D eigenvalue weighted by molar-refractivity contribution is -0.139. The van der Waals surface area contributed by atoms with Crippen LogP contribution in [-0.2, 0) is 9.53 Å². The van der Waals surface area contributed by atoms with Gasteiger partial charge >= 0.3 is 0 Å². The number of benzene rings is 1. The van der Waals surface area contributed by atoms with Gasteiger partial charge in [-0.2, -0.15) is 0 Å². The van der Waals surface area contributed by atoms with Crippen molar-refractivity contribution in [1.82, 2.24) is 4.90 Å². The van der Waals surface area contributed by atoms with Gasteiger partial charge in [-0.05, 0) is 24.3 Å². The molecule has 2 N–H and O–H groups in total. The van der Waals surface area contributed by atoms with Crippen molar-refractivity contribution in [2.75, 3.05) is 19.7 Å². The molecule has 1 saturated heterocycles. The summed E-state index contributed by atoms with van der Waals surface area (Å²) in [5, 5.41) is 0. The minimum Gasteiger partial charge on any atom is -0.368 e. The summed E-state index contributed by atoms with van der Waals surface area (Å²) in [6.45, 7) is 3.75. The zero-order chi connectivity index (χ0) is 16.2. The first kappa shape index (κ1) is 16.5. The Hall–Kier alpha value is -1.39. The van der Waals surface area contributed by atoms with Crippen molar-refractivity contribution >= 4 is 5.91 Å². The fraction of sp³-hybridized carbons (Fsp3) is 0.632. The summed E-state index contributed by atoms with van der Waals surface area (Å²) in [7, 11) is 0. The van der Waals surface area contributed by atoms with Crippen LogP contribution in [-0.4, -0.2) is 42.6 Å². The molecule has 1 saturated carbocycles. The van der Waals surface area contributed by atoms with Crippen molar-refractivity contribution in [3.05, 3.63) is 35.9 Å². The normalized spacial score (nSPS) is 31.3. The number of ether oxygens (including phenoxy) is 1. The molecule has 3 rings (SSSR count). The van der Waals surface area contributed by atoms with Crippen LogP contribution >= 0.6 is 0 Å². The van der Waals surface area contributed by atoms with Crippen LogP contribution in [0, 0.1) is 5.92 Å². The van der Waals surface area contributed by atoms with Crippen LogP contribution in [0.2, 0.25) is 0 Å². The van der Waals surface area contributed by atoms with Gasteiger partial charge in [0.05, 0.1) is 6.10 Å². The monoisotopic (exact) mass is 316 g/mol. The predicted molar refractivity (Wildman–Crippen MR) is 91.1 cm³/mol. The molecule has 1 aromatic carbocycles. The first-order valence-corrected chi connectivity index (χ1v) is 8.85. The van der Waals surface area contributed by atoms with Gasteiger partial charge in [-0.15, -0.1) is 0 Å². The molecule has 2 aliphatic rings. The molecular weight excluding hydrogens is 288 g/mol. The number of amides is 1. The first-order chi connectivity index (χ1) is 11.1. The van der Waals surface area contributed by atoms with E-state index in [1.54, 1.807) is 0 Å². The number of hydrogen-bond acceptors (Lipinski definition) is 3. The lowest BCUT2D eigenvalue weighted by atomic mass is 9.88. The molecule has 2 fully saturated rings. The van der Waals surface area contributed by atoms with E-state index in [0.717, 1.165) is 6.42 Å². The van der Waals surface area contributed by atoms with Crippen molar-refractivity contribution in [2.24, 2.45) is 11.7 Å². The fourth-order valence-corrected chi connectivity index (χ4v) is 3.89. The zero-order valence-corrected chi connectivity index (χ0v) is 14.0. The molecule has 126 valence electrons. The van der Waals surface area contributed by atoms with E-state index in [-0.39, 0.29) is 30.6 Å². The largest absolute Gasteiger partial charge is 0.368 e. The maximum absolute atomic E-state index is 12.5. The van der Waals surface area contributed by atoms with E-state index in [9.17, 15) is 4.79 Å². The average Bonchev–Trinajstić information content (AvgIpc) is 2.96. The number of likely N-dealkylation sites (tertiary alicyclic amines) is 1. The molecule has 0 radical (unpaired) electrons. The van der Waals surface area contributed by atoms with Gasteiger partial charge < -0.3 is 15.4 Å². The standard InChI is InChI=1S/C19H28N2O2/c1-14-7-5-6-10-18(14)23-13-19(22)21-11-16(17(20)12-21)15-8-3-2-4-9-15/h2-4,8-9,14,16-18H,5-7,10-13,20H2,1H3/t14?,16-,17+,18?/m0/s1. The Morgan fingerprint density at radius 2 is 1.96 bits per heavy atom. The zero-order valence-electron chi connectivity index (χ0n) is 14.0. The van der Waals surface area contributed by atoms with E-state index in [4.69, 9.17) is 10.5 Å². The van der Waals surface area contributed by atoms with Gasteiger partial charge in [0.25, 0.3) is 0 Å². The lowest BCUT2D eigenvalue weighted by Gasteiger charge is -2.29. The van der Waals surface area contributed by atoms with Gasteiger partial charge in [0.15, 0.2) is 0 Å². The molecule has 0 aromatic heterocycles. The van der Waals surface area contributed by atoms with Gasteiger partial charge in [0.1, 0.15) is 6.61 Å². The highest BCUT2D eigenvalue weighted by atomic mass is 16.5. The van der Waals surface area contributed by atoms with Crippen LogP contribution < -0.4 is 5.73 Å². The Kier molecular flexibility index (Phi) is 5.34. The molecule has 4 nitrogen and oxygen atoms in total. The number of nitrogens with zero attached hydrogens (tertiary/aromatic N) is 1. The second-order valence-electron chi connectivity index (χ2n) is 7.09. The van der Waals surface area contributed by atoms with Crippen LogP contribution in [0.5, 0.6) is 0 Å². The van der Waals surface area contributed by atoms with E-state index in [0.29, 0.717) is 19.0 Å². The molecule has 4 atom stereocenters. The predicted octanol–water partition coefficient (Wildman–Crippen LogP) is 2.54. The smallest absolute Gasteiger partial charge is 0.248 e. The van der Waals surface area contributed by atoms with Crippen LogP contribution in [0.25, 0.3) is 0 Å². The van der Waals surface area contributed by atoms with Crippen LogP contribution in [0.3, 0.4) is 0 Å². The summed E-state index contributed by atoms with van der Waals surface area (Å²) < 4.78 is 5.91. The Balaban J connectivity index is 1.52. The minimum absolute atomic E-state index is 0.00922. The summed E-state index contributed by atoms with van der Waals surface area (Å²) >= 11 is 0. The van der Waals surface area contributed by atoms with Crippen LogP contribution in [0.1, 0.15) is 44.1 Å². The number of hydrogen-bond donors (Lipinski definition) is 1. The van der Waals surface area contributed by atoms with Crippen molar-refractivity contribution in [2.45, 2.75) is 50.7 Å². The Morgan fingerprint density at radius 3 is 2.70 bits per heavy atom. The van der Waals surface area contributed by atoms with E-state index in [1.807, 2.05) is 23.1 Å². The van der Waals surface area contributed by atoms with Crippen molar-refractivity contribution in [3.8, 4) is 0 Å². The maximum atomic E-state index is 12.5. The van der Waals surface area contributed by atoms with Crippen molar-refractivity contribution in [1.29, 1.82) is 0 Å². The summed E-state index contributed by atoms with van der Waals surface area (Å²) in [6.07, 6.45) is 5.04. The van der Waals surface area contributed by atoms with Crippen LogP contribution in [0.4, 0.5) is 0 Å². The van der Waals surface area contributed by atoms with Crippen molar-refractivity contribution < 1.29 is 9.53 Å². The van der Waals surface area contributed by atoms with Gasteiger partial charge in [-0.25, -0.2) is 0 Å². The minimum atomic E-state index is 0.00922. The van der Waals surface area contributed by atoms with Gasteiger partial charge in [-0.1, -0.05) is 50.1 Å². The molecule has 0 spiro atoms. The highest BCUT2D eigenvalue weighted by molar-refractivity contribution is 5.78. The highest BCUT2D eigenvalue weighted by Crippen LogP contribution is 2.28.